The normalized spacial score (nSPS) is 10.2. The largest absolute Gasteiger partial charge is 0.496 e. The Hall–Kier alpha value is -0.700. The van der Waals surface area contributed by atoms with E-state index in [1.165, 1.54) is 12.1 Å². The lowest BCUT2D eigenvalue weighted by Gasteiger charge is -2.07. The molecule has 1 nitrogen and oxygen atoms in total. The summed E-state index contributed by atoms with van der Waals surface area (Å²) in [5, 5.41) is 0. The van der Waals surface area contributed by atoms with E-state index in [0.717, 1.165) is 36.3 Å². The second-order valence-electron chi connectivity index (χ2n) is 3.14. The fraction of sp³-hybridized carbons (Fsp3) is 0.455. The summed E-state index contributed by atoms with van der Waals surface area (Å²) in [7, 11) is 1.61. The molecule has 0 unspecified atom stereocenters. The predicted molar refractivity (Wildman–Crippen MR) is 59.7 cm³/mol. The Morgan fingerprint density at radius 3 is 2.79 bits per heavy atom. The smallest absolute Gasteiger partial charge is 0.123 e. The lowest BCUT2D eigenvalue weighted by molar-refractivity contribution is 0.407. The van der Waals surface area contributed by atoms with Crippen molar-refractivity contribution >= 4 is 12.6 Å². The summed E-state index contributed by atoms with van der Waals surface area (Å²) in [6, 6.07) is 4.63. The topological polar surface area (TPSA) is 9.23 Å². The number of unbranched alkanes of at least 4 members (excludes halogenated alkanes) is 1. The zero-order valence-electron chi connectivity index (χ0n) is 8.29. The van der Waals surface area contributed by atoms with Crippen LogP contribution in [0.2, 0.25) is 0 Å². The molecule has 0 atom stereocenters. The molecule has 0 bridgehead atoms. The number of benzene rings is 1. The zero-order valence-corrected chi connectivity index (χ0v) is 9.19. The molecule has 0 spiro atoms. The van der Waals surface area contributed by atoms with Gasteiger partial charge in [0.15, 0.2) is 0 Å². The minimum absolute atomic E-state index is 0.202. The summed E-state index contributed by atoms with van der Waals surface area (Å²) < 4.78 is 18.1. The third-order valence-corrected chi connectivity index (χ3v) is 2.41. The Bertz CT molecular complexity index is 289. The van der Waals surface area contributed by atoms with Crippen molar-refractivity contribution in [3.63, 3.8) is 0 Å². The van der Waals surface area contributed by atoms with Crippen LogP contribution >= 0.6 is 12.6 Å². The number of hydrogen-bond donors (Lipinski definition) is 1. The van der Waals surface area contributed by atoms with Crippen LogP contribution in [0.1, 0.15) is 18.4 Å². The van der Waals surface area contributed by atoms with Gasteiger partial charge >= 0.3 is 0 Å². The Morgan fingerprint density at radius 1 is 1.36 bits per heavy atom. The van der Waals surface area contributed by atoms with Crippen LogP contribution in [-0.4, -0.2) is 12.9 Å². The minimum Gasteiger partial charge on any atom is -0.496 e. The van der Waals surface area contributed by atoms with Crippen LogP contribution in [0.25, 0.3) is 0 Å². The standard InChI is InChI=1S/C11H15FOS/c1-13-11-6-5-10(12)8-9(11)4-2-3-7-14/h5-6,8,14H,2-4,7H2,1H3. The van der Waals surface area contributed by atoms with E-state index in [1.54, 1.807) is 13.2 Å². The third-order valence-electron chi connectivity index (χ3n) is 2.10. The Kier molecular flexibility index (Phi) is 4.80. The van der Waals surface area contributed by atoms with Gasteiger partial charge in [0, 0.05) is 0 Å². The number of halogens is 1. The average Bonchev–Trinajstić information content (AvgIpc) is 2.19. The molecule has 0 saturated carbocycles. The number of rotatable bonds is 5. The van der Waals surface area contributed by atoms with Crippen molar-refractivity contribution in [3.05, 3.63) is 29.6 Å². The van der Waals surface area contributed by atoms with Gasteiger partial charge in [0.2, 0.25) is 0 Å². The van der Waals surface area contributed by atoms with Gasteiger partial charge in [-0.15, -0.1) is 0 Å². The van der Waals surface area contributed by atoms with Crippen molar-refractivity contribution in [2.24, 2.45) is 0 Å². The number of methoxy groups -OCH3 is 1. The highest BCUT2D eigenvalue weighted by Crippen LogP contribution is 2.21. The highest BCUT2D eigenvalue weighted by atomic mass is 32.1. The Morgan fingerprint density at radius 2 is 2.14 bits per heavy atom. The summed E-state index contributed by atoms with van der Waals surface area (Å²) in [6.45, 7) is 0. The molecule has 0 amide bonds. The maximum absolute atomic E-state index is 12.9. The van der Waals surface area contributed by atoms with Gasteiger partial charge in [0.1, 0.15) is 11.6 Å². The van der Waals surface area contributed by atoms with Gasteiger partial charge in [-0.05, 0) is 48.8 Å². The molecule has 14 heavy (non-hydrogen) atoms. The fourth-order valence-electron chi connectivity index (χ4n) is 1.37. The van der Waals surface area contributed by atoms with Gasteiger partial charge in [-0.3, -0.25) is 0 Å². The van der Waals surface area contributed by atoms with Crippen LogP contribution in [0, 0.1) is 5.82 Å². The lowest BCUT2D eigenvalue weighted by atomic mass is 10.1. The van der Waals surface area contributed by atoms with Gasteiger partial charge in [-0.1, -0.05) is 0 Å². The molecule has 0 heterocycles. The molecule has 0 aliphatic heterocycles. The monoisotopic (exact) mass is 214 g/mol. The molecule has 1 aromatic carbocycles. The van der Waals surface area contributed by atoms with Gasteiger partial charge in [0.25, 0.3) is 0 Å². The van der Waals surface area contributed by atoms with Crippen molar-refractivity contribution in [1.82, 2.24) is 0 Å². The second kappa shape index (κ2) is 5.91. The first-order chi connectivity index (χ1) is 6.77. The molecule has 0 N–H and O–H groups in total. The maximum Gasteiger partial charge on any atom is 0.123 e. The Labute approximate surface area is 89.7 Å². The Balaban J connectivity index is 2.67. The van der Waals surface area contributed by atoms with E-state index < -0.39 is 0 Å². The van der Waals surface area contributed by atoms with Gasteiger partial charge in [-0.2, -0.15) is 12.6 Å². The third kappa shape index (κ3) is 3.22. The van der Waals surface area contributed by atoms with E-state index in [-0.39, 0.29) is 5.82 Å². The van der Waals surface area contributed by atoms with Crippen molar-refractivity contribution in [1.29, 1.82) is 0 Å². The molecule has 3 heteroatoms. The van der Waals surface area contributed by atoms with E-state index in [0.29, 0.717) is 0 Å². The highest BCUT2D eigenvalue weighted by molar-refractivity contribution is 7.80. The molecule has 0 fully saturated rings. The molecule has 0 radical (unpaired) electrons. The summed E-state index contributed by atoms with van der Waals surface area (Å²) in [5.74, 6) is 1.44. The summed E-state index contributed by atoms with van der Waals surface area (Å²) >= 11 is 4.13. The quantitative estimate of drug-likeness (QED) is 0.585. The molecule has 78 valence electrons. The number of ether oxygens (including phenoxy) is 1. The molecule has 0 aromatic heterocycles. The average molecular weight is 214 g/mol. The van der Waals surface area contributed by atoms with E-state index in [1.807, 2.05) is 0 Å². The van der Waals surface area contributed by atoms with Crippen molar-refractivity contribution in [3.8, 4) is 5.75 Å². The van der Waals surface area contributed by atoms with Gasteiger partial charge < -0.3 is 4.74 Å². The highest BCUT2D eigenvalue weighted by Gasteiger charge is 2.03. The minimum atomic E-state index is -0.202. The van der Waals surface area contributed by atoms with E-state index in [2.05, 4.69) is 12.6 Å². The van der Waals surface area contributed by atoms with E-state index in [4.69, 9.17) is 4.74 Å². The van der Waals surface area contributed by atoms with Crippen LogP contribution in [-0.2, 0) is 6.42 Å². The fourth-order valence-corrected chi connectivity index (χ4v) is 1.59. The predicted octanol–water partition coefficient (Wildman–Crippen LogP) is 3.09. The molecular weight excluding hydrogens is 199 g/mol. The van der Waals surface area contributed by atoms with Crippen molar-refractivity contribution in [2.75, 3.05) is 12.9 Å². The van der Waals surface area contributed by atoms with Crippen LogP contribution < -0.4 is 4.74 Å². The number of hydrogen-bond acceptors (Lipinski definition) is 2. The van der Waals surface area contributed by atoms with Crippen molar-refractivity contribution < 1.29 is 9.13 Å². The van der Waals surface area contributed by atoms with Crippen LogP contribution in [0.3, 0.4) is 0 Å². The second-order valence-corrected chi connectivity index (χ2v) is 3.58. The molecule has 1 aromatic rings. The van der Waals surface area contributed by atoms with Crippen LogP contribution in [0.4, 0.5) is 4.39 Å². The summed E-state index contributed by atoms with van der Waals surface area (Å²) in [6.07, 6.45) is 2.91. The van der Waals surface area contributed by atoms with Crippen LogP contribution in [0.15, 0.2) is 18.2 Å². The van der Waals surface area contributed by atoms with E-state index >= 15 is 0 Å². The zero-order chi connectivity index (χ0) is 10.4. The number of aryl methyl sites for hydroxylation is 1. The molecule has 1 rings (SSSR count). The van der Waals surface area contributed by atoms with E-state index in [9.17, 15) is 4.39 Å². The molecular formula is C11H15FOS. The summed E-state index contributed by atoms with van der Waals surface area (Å²) in [4.78, 5) is 0. The SMILES string of the molecule is COc1ccc(F)cc1CCCCS. The van der Waals surface area contributed by atoms with Gasteiger partial charge in [-0.25, -0.2) is 4.39 Å². The molecule has 0 aliphatic carbocycles. The lowest BCUT2D eigenvalue weighted by Crippen LogP contribution is -1.94. The molecule has 0 saturated heterocycles. The summed E-state index contributed by atoms with van der Waals surface area (Å²) in [5.41, 5.74) is 0.939. The first kappa shape index (κ1) is 11.4. The first-order valence-electron chi connectivity index (χ1n) is 4.71. The van der Waals surface area contributed by atoms with Gasteiger partial charge in [0.05, 0.1) is 7.11 Å². The van der Waals surface area contributed by atoms with Crippen molar-refractivity contribution in [2.45, 2.75) is 19.3 Å². The first-order valence-corrected chi connectivity index (χ1v) is 5.34. The maximum atomic E-state index is 12.9. The van der Waals surface area contributed by atoms with Crippen LogP contribution in [0.5, 0.6) is 5.75 Å². The number of thiol groups is 1. The molecule has 0 aliphatic rings.